The van der Waals surface area contributed by atoms with Crippen molar-refractivity contribution in [1.29, 1.82) is 0 Å². The minimum atomic E-state index is -2.98. The molecule has 8 heteroatoms. The minimum Gasteiger partial charge on any atom is -0.333 e. The summed E-state index contributed by atoms with van der Waals surface area (Å²) in [4.78, 5) is 17.4. The van der Waals surface area contributed by atoms with Crippen molar-refractivity contribution in [1.82, 2.24) is 19.6 Å². The average molecular weight is 395 g/mol. The molecular formula is C19H30N4O3S. The molecule has 0 bridgehead atoms. The second kappa shape index (κ2) is 7.20. The van der Waals surface area contributed by atoms with Crippen molar-refractivity contribution in [2.24, 2.45) is 0 Å². The first-order valence-electron chi connectivity index (χ1n) is 10.1. The molecule has 0 spiro atoms. The van der Waals surface area contributed by atoms with E-state index in [1.54, 1.807) is 0 Å². The van der Waals surface area contributed by atoms with Crippen molar-refractivity contribution < 1.29 is 13.2 Å². The standard InChI is InChI=1S/C19H30N4O3S/c1-21(2)12-15-5-3-4-9-22(15)19(24)17-11-18(14-6-7-14)23(20-17)16-8-10-27(25,26)13-16/h11,14-16H,3-10,12-13H2,1-2H3. The molecule has 2 saturated heterocycles. The number of likely N-dealkylation sites (tertiary alicyclic amines) is 1. The van der Waals surface area contributed by atoms with Gasteiger partial charge in [0.1, 0.15) is 0 Å². The van der Waals surface area contributed by atoms with Crippen LogP contribution in [-0.4, -0.2) is 78.6 Å². The number of carbonyl (C=O) groups excluding carboxylic acids is 1. The van der Waals surface area contributed by atoms with Crippen LogP contribution in [-0.2, 0) is 9.84 Å². The molecule has 1 aliphatic carbocycles. The van der Waals surface area contributed by atoms with Gasteiger partial charge >= 0.3 is 0 Å². The van der Waals surface area contributed by atoms with Gasteiger partial charge in [-0.2, -0.15) is 5.10 Å². The van der Waals surface area contributed by atoms with E-state index in [1.165, 1.54) is 0 Å². The van der Waals surface area contributed by atoms with Gasteiger partial charge in [0.25, 0.3) is 5.91 Å². The quantitative estimate of drug-likeness (QED) is 0.759. The predicted molar refractivity (Wildman–Crippen MR) is 104 cm³/mol. The summed E-state index contributed by atoms with van der Waals surface area (Å²) in [6.07, 6.45) is 6.03. The van der Waals surface area contributed by atoms with E-state index in [0.717, 1.165) is 50.9 Å². The smallest absolute Gasteiger partial charge is 0.274 e. The minimum absolute atomic E-state index is 0.00283. The van der Waals surface area contributed by atoms with Gasteiger partial charge in [0, 0.05) is 30.7 Å². The summed E-state index contributed by atoms with van der Waals surface area (Å²) in [5.74, 6) is 0.807. The van der Waals surface area contributed by atoms with Crippen LogP contribution in [0.1, 0.15) is 66.7 Å². The van der Waals surface area contributed by atoms with Crippen LogP contribution in [0, 0.1) is 0 Å². The van der Waals surface area contributed by atoms with Gasteiger partial charge in [-0.1, -0.05) is 0 Å². The summed E-state index contributed by atoms with van der Waals surface area (Å²) in [6.45, 7) is 1.64. The van der Waals surface area contributed by atoms with Crippen molar-refractivity contribution in [3.05, 3.63) is 17.5 Å². The lowest BCUT2D eigenvalue weighted by Crippen LogP contribution is -2.48. The van der Waals surface area contributed by atoms with E-state index >= 15 is 0 Å². The topological polar surface area (TPSA) is 75.5 Å². The Bertz CT molecular complexity index is 813. The summed E-state index contributed by atoms with van der Waals surface area (Å²) in [5.41, 5.74) is 1.55. The molecule has 150 valence electrons. The highest BCUT2D eigenvalue weighted by Crippen LogP contribution is 2.42. The summed E-state index contributed by atoms with van der Waals surface area (Å²) in [5, 5.41) is 4.66. The van der Waals surface area contributed by atoms with E-state index in [2.05, 4.69) is 10.00 Å². The van der Waals surface area contributed by atoms with Crippen LogP contribution < -0.4 is 0 Å². The third-order valence-corrected chi connectivity index (χ3v) is 7.75. The van der Waals surface area contributed by atoms with Crippen LogP contribution in [0.2, 0.25) is 0 Å². The number of rotatable bonds is 5. The van der Waals surface area contributed by atoms with Crippen LogP contribution in [0.3, 0.4) is 0 Å². The number of aromatic nitrogens is 2. The molecule has 0 aromatic carbocycles. The van der Waals surface area contributed by atoms with E-state index in [0.29, 0.717) is 18.0 Å². The molecule has 3 fully saturated rings. The SMILES string of the molecule is CN(C)CC1CCCCN1C(=O)c1cc(C2CC2)n(C2CCS(=O)(=O)C2)n1. The molecule has 4 rings (SSSR count). The summed E-state index contributed by atoms with van der Waals surface area (Å²) < 4.78 is 25.7. The fraction of sp³-hybridized carbons (Fsp3) is 0.789. The van der Waals surface area contributed by atoms with Crippen molar-refractivity contribution in [3.8, 4) is 0 Å². The van der Waals surface area contributed by atoms with Crippen molar-refractivity contribution in [2.45, 2.75) is 56.5 Å². The zero-order valence-corrected chi connectivity index (χ0v) is 17.1. The Morgan fingerprint density at radius 2 is 2.00 bits per heavy atom. The number of piperidine rings is 1. The molecule has 0 N–H and O–H groups in total. The molecule has 7 nitrogen and oxygen atoms in total. The van der Waals surface area contributed by atoms with Crippen molar-refractivity contribution >= 4 is 15.7 Å². The van der Waals surface area contributed by atoms with Gasteiger partial charge in [0.2, 0.25) is 0 Å². The van der Waals surface area contributed by atoms with Gasteiger partial charge in [0.05, 0.1) is 17.5 Å². The van der Waals surface area contributed by atoms with Crippen LogP contribution in [0.4, 0.5) is 0 Å². The maximum absolute atomic E-state index is 13.3. The second-order valence-corrected chi connectivity index (χ2v) is 10.9. The Balaban J connectivity index is 1.59. The molecule has 3 heterocycles. The third kappa shape index (κ3) is 4.06. The van der Waals surface area contributed by atoms with Gasteiger partial charge in [-0.15, -0.1) is 0 Å². The van der Waals surface area contributed by atoms with Crippen LogP contribution in [0.25, 0.3) is 0 Å². The predicted octanol–water partition coefficient (Wildman–Crippen LogP) is 1.68. The van der Waals surface area contributed by atoms with Crippen LogP contribution in [0.5, 0.6) is 0 Å². The van der Waals surface area contributed by atoms with Gasteiger partial charge in [-0.05, 0) is 58.7 Å². The zero-order valence-electron chi connectivity index (χ0n) is 16.3. The maximum Gasteiger partial charge on any atom is 0.274 e. The van der Waals surface area contributed by atoms with Gasteiger partial charge in [-0.3, -0.25) is 9.48 Å². The zero-order chi connectivity index (χ0) is 19.2. The fourth-order valence-corrected chi connectivity index (χ4v) is 6.18. The second-order valence-electron chi connectivity index (χ2n) is 8.64. The Kier molecular flexibility index (Phi) is 5.05. The molecule has 27 heavy (non-hydrogen) atoms. The first kappa shape index (κ1) is 18.9. The molecule has 1 amide bonds. The lowest BCUT2D eigenvalue weighted by Gasteiger charge is -2.36. The van der Waals surface area contributed by atoms with Crippen molar-refractivity contribution in [3.63, 3.8) is 0 Å². The van der Waals surface area contributed by atoms with Gasteiger partial charge in [-0.25, -0.2) is 8.42 Å². The van der Waals surface area contributed by atoms with Gasteiger partial charge in [0.15, 0.2) is 15.5 Å². The number of nitrogens with zero attached hydrogens (tertiary/aromatic N) is 4. The van der Waals surface area contributed by atoms with E-state index in [9.17, 15) is 13.2 Å². The highest BCUT2D eigenvalue weighted by Gasteiger charge is 2.37. The molecule has 0 radical (unpaired) electrons. The summed E-state index contributed by atoms with van der Waals surface area (Å²) in [7, 11) is 1.10. The van der Waals surface area contributed by atoms with Crippen LogP contribution in [0.15, 0.2) is 6.07 Å². The highest BCUT2D eigenvalue weighted by molar-refractivity contribution is 7.91. The Labute approximate surface area is 161 Å². The van der Waals surface area contributed by atoms with Gasteiger partial charge < -0.3 is 9.80 Å². The number of hydrogen-bond donors (Lipinski definition) is 0. The molecule has 1 aromatic heterocycles. The van der Waals surface area contributed by atoms with E-state index in [1.807, 2.05) is 29.7 Å². The normalized spacial score (nSPS) is 28.0. The largest absolute Gasteiger partial charge is 0.333 e. The summed E-state index contributed by atoms with van der Waals surface area (Å²) >= 11 is 0. The average Bonchev–Trinajstić information content (AvgIpc) is 3.25. The first-order chi connectivity index (χ1) is 12.8. The highest BCUT2D eigenvalue weighted by atomic mass is 32.2. The van der Waals surface area contributed by atoms with Crippen molar-refractivity contribution in [2.75, 3.05) is 38.7 Å². The van der Waals surface area contributed by atoms with E-state index < -0.39 is 9.84 Å². The first-order valence-corrected chi connectivity index (χ1v) is 11.9. The molecule has 2 atom stereocenters. The maximum atomic E-state index is 13.3. The van der Waals surface area contributed by atoms with E-state index in [4.69, 9.17) is 0 Å². The Hall–Kier alpha value is -1.41. The summed E-state index contributed by atoms with van der Waals surface area (Å²) in [6, 6.07) is 2.04. The number of amides is 1. The molecule has 2 unspecified atom stereocenters. The number of carbonyl (C=O) groups is 1. The molecule has 3 aliphatic rings. The number of sulfone groups is 1. The lowest BCUT2D eigenvalue weighted by molar-refractivity contribution is 0.0567. The van der Waals surface area contributed by atoms with Crippen LogP contribution >= 0.6 is 0 Å². The Morgan fingerprint density at radius 1 is 1.22 bits per heavy atom. The molecule has 2 aliphatic heterocycles. The molecule has 1 saturated carbocycles. The molecule has 1 aromatic rings. The molecular weight excluding hydrogens is 364 g/mol. The van der Waals surface area contributed by atoms with E-state index in [-0.39, 0.29) is 29.5 Å². The Morgan fingerprint density at radius 3 is 2.63 bits per heavy atom. The monoisotopic (exact) mass is 394 g/mol. The number of likely N-dealkylation sites (N-methyl/N-ethyl adjacent to an activating group) is 1. The fourth-order valence-electron chi connectivity index (χ4n) is 4.48. The lowest BCUT2D eigenvalue weighted by atomic mass is 10.0. The number of hydrogen-bond acceptors (Lipinski definition) is 5. The third-order valence-electron chi connectivity index (χ3n) is 6.00.